The molecule has 0 bridgehead atoms. The summed E-state index contributed by atoms with van der Waals surface area (Å²) in [7, 11) is -0.385. The minimum Gasteiger partial charge on any atom is -0.763 e. The third-order valence-corrected chi connectivity index (χ3v) is 11.5. The summed E-state index contributed by atoms with van der Waals surface area (Å²) in [6.07, 6.45) is 0. The first kappa shape index (κ1) is 29.3. The second-order valence-electron chi connectivity index (χ2n) is 9.65. The molecule has 0 aliphatic heterocycles. The lowest BCUT2D eigenvalue weighted by Gasteiger charge is -2.27. The first-order valence-electron chi connectivity index (χ1n) is 13.4. The topological polar surface area (TPSA) is 108 Å². The molecular weight excluding hydrogens is 561 g/mol. The van der Waals surface area contributed by atoms with Gasteiger partial charge >= 0.3 is 11.9 Å². The number of hydrogen-bond acceptors (Lipinski definition) is 6. The van der Waals surface area contributed by atoms with Crippen LogP contribution in [0.1, 0.15) is 32.0 Å². The third-order valence-electron chi connectivity index (χ3n) is 7.16. The van der Waals surface area contributed by atoms with Crippen molar-refractivity contribution in [3.8, 4) is 11.7 Å². The molecular formula is C35H28NO6P. The predicted molar refractivity (Wildman–Crippen MR) is 170 cm³/mol. The van der Waals surface area contributed by atoms with Crippen molar-refractivity contribution in [2.45, 2.75) is 6.92 Å². The van der Waals surface area contributed by atoms with Crippen LogP contribution in [0.25, 0.3) is 11.0 Å². The maximum absolute atomic E-state index is 13.8. The quantitative estimate of drug-likeness (QED) is 0.0831. The largest absolute Gasteiger partial charge is 0.763 e. The maximum Gasteiger partial charge on any atom is 0.346 e. The van der Waals surface area contributed by atoms with Gasteiger partial charge in [-0.3, -0.25) is 10.7 Å². The van der Waals surface area contributed by atoms with E-state index in [2.05, 4.69) is 0 Å². The summed E-state index contributed by atoms with van der Waals surface area (Å²) in [4.78, 5) is 27.6. The number of rotatable bonds is 9. The summed E-state index contributed by atoms with van der Waals surface area (Å²) in [6, 6.07) is 33.6. The van der Waals surface area contributed by atoms with E-state index in [4.69, 9.17) is 13.9 Å². The van der Waals surface area contributed by atoms with E-state index < -0.39 is 24.6 Å². The van der Waals surface area contributed by atoms with Crippen LogP contribution in [0.3, 0.4) is 0 Å². The van der Waals surface area contributed by atoms with E-state index in [0.29, 0.717) is 10.9 Å². The Balaban J connectivity index is 1.95. The summed E-state index contributed by atoms with van der Waals surface area (Å²) in [5.74, 6) is -0.313. The van der Waals surface area contributed by atoms with Crippen LogP contribution in [-0.4, -0.2) is 36.9 Å². The molecule has 0 saturated heterocycles. The van der Waals surface area contributed by atoms with Gasteiger partial charge < -0.3 is 24.4 Å². The molecule has 1 N–H and O–H groups in total. The second-order valence-corrected chi connectivity index (χ2v) is 13.0. The zero-order valence-electron chi connectivity index (χ0n) is 23.8. The molecule has 0 unspecified atom stereocenters. The molecule has 214 valence electrons. The minimum atomic E-state index is -3.02. The van der Waals surface area contributed by atoms with Gasteiger partial charge in [0.2, 0.25) is 11.1 Å². The predicted octanol–water partition coefficient (Wildman–Crippen LogP) is 5.21. The van der Waals surface area contributed by atoms with Gasteiger partial charge in [-0.2, -0.15) is 0 Å². The highest BCUT2D eigenvalue weighted by atomic mass is 31.2. The molecule has 7 nitrogen and oxygen atoms in total. The highest BCUT2D eigenvalue weighted by molar-refractivity contribution is 8.01. The van der Waals surface area contributed by atoms with E-state index in [1.165, 1.54) is 26.4 Å². The number of aromatic hydroxyl groups is 1. The number of methoxy groups -OCH3 is 2. The third kappa shape index (κ3) is 5.06. The lowest BCUT2D eigenvalue weighted by atomic mass is 9.98. The zero-order chi connectivity index (χ0) is 30.6. The van der Waals surface area contributed by atoms with Crippen molar-refractivity contribution >= 4 is 51.7 Å². The number of hydrogen-bond donors (Lipinski definition) is 1. The Bertz CT molecular complexity index is 1750. The molecule has 0 aliphatic rings. The van der Waals surface area contributed by atoms with Gasteiger partial charge in [-0.1, -0.05) is 66.2 Å². The van der Waals surface area contributed by atoms with Crippen LogP contribution in [0, 0.1) is 6.92 Å². The normalized spacial score (nSPS) is 11.0. The molecule has 0 saturated carbocycles. The highest BCUT2D eigenvalue weighted by Gasteiger charge is 2.56. The van der Waals surface area contributed by atoms with Gasteiger partial charge in [-0.15, -0.1) is 0 Å². The Labute approximate surface area is 249 Å². The Morgan fingerprint density at radius 3 is 1.77 bits per heavy atom. The number of benzene rings is 4. The van der Waals surface area contributed by atoms with E-state index in [1.807, 2.05) is 96.9 Å². The number of allylic oxidation sites excluding steroid dienone is 1. The smallest absolute Gasteiger partial charge is 0.346 e. The van der Waals surface area contributed by atoms with Crippen molar-refractivity contribution in [2.75, 3.05) is 14.2 Å². The van der Waals surface area contributed by atoms with Gasteiger partial charge in [-0.05, 0) is 55.5 Å². The van der Waals surface area contributed by atoms with Crippen LogP contribution in [-0.2, 0) is 4.74 Å². The molecule has 0 radical (unpaired) electrons. The van der Waals surface area contributed by atoms with Gasteiger partial charge in [0.15, 0.2) is 18.6 Å². The summed E-state index contributed by atoms with van der Waals surface area (Å²) in [6.45, 7) is 1.76. The number of furan rings is 1. The summed E-state index contributed by atoms with van der Waals surface area (Å²) in [5, 5.41) is 23.9. The van der Waals surface area contributed by atoms with Crippen LogP contribution >= 0.6 is 7.26 Å². The average molecular weight is 590 g/mol. The van der Waals surface area contributed by atoms with Crippen molar-refractivity contribution in [3.63, 3.8) is 0 Å². The fraction of sp³-hybridized carbons (Fsp3) is 0.0857. The summed E-state index contributed by atoms with van der Waals surface area (Å²) >= 11 is 0. The van der Waals surface area contributed by atoms with Crippen molar-refractivity contribution in [1.29, 1.82) is 0 Å². The van der Waals surface area contributed by atoms with E-state index in [9.17, 15) is 20.1 Å². The molecule has 43 heavy (non-hydrogen) atoms. The van der Waals surface area contributed by atoms with Crippen LogP contribution < -0.4 is 26.0 Å². The fourth-order valence-corrected chi connectivity index (χ4v) is 9.74. The van der Waals surface area contributed by atoms with Gasteiger partial charge in [0.25, 0.3) is 0 Å². The number of ether oxygens (including phenoxy) is 2. The first-order valence-corrected chi connectivity index (χ1v) is 15.1. The van der Waals surface area contributed by atoms with Gasteiger partial charge in [0, 0.05) is 0 Å². The van der Waals surface area contributed by atoms with Crippen LogP contribution in [0.4, 0.5) is 0 Å². The number of aryl methyl sites for hydroxylation is 1. The number of phenols is 1. The number of carbonyl (C=O) groups excluding carboxylic acids is 2. The molecule has 5 rings (SSSR count). The molecule has 0 spiro atoms. The average Bonchev–Trinajstić information content (AvgIpc) is 3.43. The van der Waals surface area contributed by atoms with Crippen molar-refractivity contribution in [2.24, 2.45) is 0 Å². The molecule has 0 atom stereocenters. The van der Waals surface area contributed by atoms with E-state index in [-0.39, 0.29) is 28.6 Å². The van der Waals surface area contributed by atoms with Crippen LogP contribution in [0.2, 0.25) is 0 Å². The molecule has 4 aromatic carbocycles. The van der Waals surface area contributed by atoms with E-state index in [1.54, 1.807) is 13.0 Å². The molecule has 1 heterocycles. The Kier molecular flexibility index (Phi) is 8.40. The number of phenolic OH excluding ortho intramolecular Hbond substituents is 1. The van der Waals surface area contributed by atoms with Crippen molar-refractivity contribution in [1.82, 2.24) is 0 Å². The minimum absolute atomic E-state index is 0.0330. The molecule has 1 aromatic heterocycles. The SMILES string of the molecule is COC(=O)c1c(C(=C=[N-])C(=O)c2cc(C)ccc2O)oc(OC)c1[P+](c1ccccc1)(c1ccccc1)c1ccccc1. The van der Waals surface area contributed by atoms with Gasteiger partial charge in [0.05, 0.1) is 25.4 Å². The number of carbonyl (C=O) groups is 2. The van der Waals surface area contributed by atoms with E-state index in [0.717, 1.165) is 15.9 Å². The molecule has 8 heteroatoms. The maximum atomic E-state index is 13.8. The summed E-state index contributed by atoms with van der Waals surface area (Å²) in [5.41, 5.74) is 0.0328. The lowest BCUT2D eigenvalue weighted by molar-refractivity contribution is 0.0601. The van der Waals surface area contributed by atoms with E-state index >= 15 is 0 Å². The highest BCUT2D eigenvalue weighted by Crippen LogP contribution is 2.58. The molecule has 0 aliphatic carbocycles. The van der Waals surface area contributed by atoms with Gasteiger partial charge in [0.1, 0.15) is 21.7 Å². The Hall–Kier alpha value is -5.22. The van der Waals surface area contributed by atoms with Crippen molar-refractivity contribution < 1.29 is 28.6 Å². The van der Waals surface area contributed by atoms with Crippen LogP contribution in [0.5, 0.6) is 11.7 Å². The monoisotopic (exact) mass is 589 g/mol. The lowest BCUT2D eigenvalue weighted by Crippen LogP contribution is -2.40. The Morgan fingerprint density at radius 2 is 1.33 bits per heavy atom. The van der Waals surface area contributed by atoms with Crippen molar-refractivity contribution in [3.05, 3.63) is 137 Å². The Morgan fingerprint density at radius 1 is 0.814 bits per heavy atom. The molecule has 5 aromatic rings. The second kappa shape index (κ2) is 12.3. The van der Waals surface area contributed by atoms with Crippen LogP contribution in [0.15, 0.2) is 114 Å². The molecule has 0 amide bonds. The zero-order valence-corrected chi connectivity index (χ0v) is 24.7. The van der Waals surface area contributed by atoms with Gasteiger partial charge in [-0.25, -0.2) is 4.79 Å². The summed E-state index contributed by atoms with van der Waals surface area (Å²) < 4.78 is 17.3. The molecule has 0 fully saturated rings. The number of Topliss-reactive ketones (excluding diaryl/α,β-unsaturated/α-hetero) is 1. The number of nitrogens with zero attached hydrogens (tertiary/aromatic N) is 1. The fourth-order valence-electron chi connectivity index (χ4n) is 5.27. The first-order chi connectivity index (χ1) is 20.9. The number of esters is 1. The number of ketones is 1. The standard InChI is InChI=1S/C35H28NO6P/c1-23-19-20-29(37)27(21-23)31(38)28(22-36)32-30(34(39)40-2)33(35(41-3)42-32)43(24-13-7-4-8-14-24,25-15-9-5-10-16-25)26-17-11-6-12-18-26/h4-21,37H,1-3H3.